The molecule has 1 saturated carbocycles. The van der Waals surface area contributed by atoms with Gasteiger partial charge in [-0.2, -0.15) is 0 Å². The van der Waals surface area contributed by atoms with Crippen LogP contribution in [0.3, 0.4) is 0 Å². The zero-order chi connectivity index (χ0) is 12.4. The van der Waals surface area contributed by atoms with E-state index in [1.54, 1.807) is 0 Å². The predicted octanol–water partition coefficient (Wildman–Crippen LogP) is 3.28. The van der Waals surface area contributed by atoms with E-state index in [0.29, 0.717) is 11.5 Å². The van der Waals surface area contributed by atoms with Crippen molar-refractivity contribution in [2.24, 2.45) is 5.41 Å². The number of nitrogens with zero attached hydrogens (tertiary/aromatic N) is 2. The summed E-state index contributed by atoms with van der Waals surface area (Å²) in [6, 6.07) is 0.541. The van der Waals surface area contributed by atoms with Gasteiger partial charge in [0.15, 0.2) is 0 Å². The molecule has 100 valence electrons. The van der Waals surface area contributed by atoms with Crippen LogP contribution in [0.4, 0.5) is 0 Å². The van der Waals surface area contributed by atoms with Crippen LogP contribution in [0.25, 0.3) is 0 Å². The second-order valence-corrected chi connectivity index (χ2v) is 6.47. The molecule has 1 aromatic heterocycles. The molecule has 1 atom stereocenters. The number of imidazole rings is 1. The van der Waals surface area contributed by atoms with Crippen LogP contribution in [0.15, 0.2) is 12.5 Å². The molecule has 0 spiro atoms. The van der Waals surface area contributed by atoms with Crippen molar-refractivity contribution in [3.05, 3.63) is 18.2 Å². The summed E-state index contributed by atoms with van der Waals surface area (Å²) in [5.41, 5.74) is 1.89. The van der Waals surface area contributed by atoms with Crippen molar-refractivity contribution < 1.29 is 0 Å². The van der Waals surface area contributed by atoms with E-state index >= 15 is 0 Å². The Bertz CT molecular complexity index is 384. The number of rotatable bonds is 3. The normalized spacial score (nSPS) is 27.5. The van der Waals surface area contributed by atoms with E-state index in [1.165, 1.54) is 50.6 Å². The summed E-state index contributed by atoms with van der Waals surface area (Å²) in [5, 5.41) is 3.59. The minimum absolute atomic E-state index is 0.492. The fourth-order valence-electron chi connectivity index (χ4n) is 3.66. The van der Waals surface area contributed by atoms with Gasteiger partial charge in [0.05, 0.1) is 12.0 Å². The molecule has 3 nitrogen and oxygen atoms in total. The number of hydrogen-bond donors (Lipinski definition) is 1. The standard InChI is InChI=1S/C15H25N3/c1-15(7-3-2-4-8-15)11-18-12-16-10-14(18)13-6-5-9-17-13/h10,12-13,17H,2-9,11H2,1H3/t13-/m0/s1. The van der Waals surface area contributed by atoms with Gasteiger partial charge in [0.2, 0.25) is 0 Å². The first-order valence-electron chi connectivity index (χ1n) is 7.50. The highest BCUT2D eigenvalue weighted by Crippen LogP contribution is 2.38. The molecule has 3 heteroatoms. The van der Waals surface area contributed by atoms with Gasteiger partial charge in [-0.05, 0) is 37.6 Å². The van der Waals surface area contributed by atoms with E-state index in [9.17, 15) is 0 Å². The number of hydrogen-bond acceptors (Lipinski definition) is 2. The van der Waals surface area contributed by atoms with Crippen LogP contribution < -0.4 is 5.32 Å². The monoisotopic (exact) mass is 247 g/mol. The average molecular weight is 247 g/mol. The van der Waals surface area contributed by atoms with Crippen LogP contribution in [0, 0.1) is 5.41 Å². The third-order valence-electron chi connectivity index (χ3n) is 4.77. The first-order chi connectivity index (χ1) is 8.77. The van der Waals surface area contributed by atoms with Gasteiger partial charge in [0, 0.05) is 18.8 Å². The fraction of sp³-hybridized carbons (Fsp3) is 0.800. The van der Waals surface area contributed by atoms with Crippen LogP contribution in [-0.2, 0) is 6.54 Å². The maximum absolute atomic E-state index is 4.39. The first-order valence-corrected chi connectivity index (χ1v) is 7.50. The Morgan fingerprint density at radius 3 is 2.89 bits per heavy atom. The summed E-state index contributed by atoms with van der Waals surface area (Å²) in [4.78, 5) is 4.39. The Kier molecular flexibility index (Phi) is 3.42. The quantitative estimate of drug-likeness (QED) is 0.888. The van der Waals surface area contributed by atoms with Crippen molar-refractivity contribution in [2.45, 2.75) is 64.5 Å². The van der Waals surface area contributed by atoms with E-state index in [-0.39, 0.29) is 0 Å². The molecule has 2 aliphatic rings. The summed E-state index contributed by atoms with van der Waals surface area (Å²) in [5.74, 6) is 0. The molecule has 0 amide bonds. The summed E-state index contributed by atoms with van der Waals surface area (Å²) < 4.78 is 2.41. The van der Waals surface area contributed by atoms with Crippen molar-refractivity contribution in [3.8, 4) is 0 Å². The van der Waals surface area contributed by atoms with E-state index in [4.69, 9.17) is 0 Å². The van der Waals surface area contributed by atoms with Gasteiger partial charge in [0.25, 0.3) is 0 Å². The second-order valence-electron chi connectivity index (χ2n) is 6.47. The van der Waals surface area contributed by atoms with Gasteiger partial charge in [-0.15, -0.1) is 0 Å². The topological polar surface area (TPSA) is 29.9 Å². The van der Waals surface area contributed by atoms with E-state index in [2.05, 4.69) is 28.0 Å². The Hall–Kier alpha value is -0.830. The molecule has 0 bridgehead atoms. The lowest BCUT2D eigenvalue weighted by Crippen LogP contribution is -2.28. The van der Waals surface area contributed by atoms with Crippen LogP contribution in [0.1, 0.15) is 63.6 Å². The lowest BCUT2D eigenvalue weighted by atomic mass is 9.75. The van der Waals surface area contributed by atoms with Crippen molar-refractivity contribution in [1.29, 1.82) is 0 Å². The minimum Gasteiger partial charge on any atom is -0.333 e. The largest absolute Gasteiger partial charge is 0.333 e. The molecule has 3 rings (SSSR count). The lowest BCUT2D eigenvalue weighted by Gasteiger charge is -2.34. The van der Waals surface area contributed by atoms with Crippen LogP contribution >= 0.6 is 0 Å². The molecule has 1 N–H and O–H groups in total. The number of nitrogens with one attached hydrogen (secondary N) is 1. The third kappa shape index (κ3) is 2.46. The van der Waals surface area contributed by atoms with Gasteiger partial charge < -0.3 is 9.88 Å². The summed E-state index contributed by atoms with van der Waals surface area (Å²) in [6.45, 7) is 4.77. The molecule has 2 heterocycles. The maximum Gasteiger partial charge on any atom is 0.0948 e. The first kappa shape index (κ1) is 12.2. The smallest absolute Gasteiger partial charge is 0.0948 e. The molecule has 0 unspecified atom stereocenters. The molecule has 0 aromatic carbocycles. The zero-order valence-corrected chi connectivity index (χ0v) is 11.5. The minimum atomic E-state index is 0.492. The highest BCUT2D eigenvalue weighted by atomic mass is 15.1. The Balaban J connectivity index is 1.74. The van der Waals surface area contributed by atoms with Crippen LogP contribution in [0.5, 0.6) is 0 Å². The molecule has 2 fully saturated rings. The van der Waals surface area contributed by atoms with E-state index < -0.39 is 0 Å². The zero-order valence-electron chi connectivity index (χ0n) is 11.5. The fourth-order valence-corrected chi connectivity index (χ4v) is 3.66. The molecule has 1 aliphatic carbocycles. The highest BCUT2D eigenvalue weighted by molar-refractivity contribution is 5.07. The summed E-state index contributed by atoms with van der Waals surface area (Å²) in [6.07, 6.45) is 13.7. The van der Waals surface area contributed by atoms with Crippen LogP contribution in [0.2, 0.25) is 0 Å². The van der Waals surface area contributed by atoms with E-state index in [0.717, 1.165) is 13.1 Å². The third-order valence-corrected chi connectivity index (χ3v) is 4.77. The predicted molar refractivity (Wildman–Crippen MR) is 73.4 cm³/mol. The van der Waals surface area contributed by atoms with Gasteiger partial charge in [-0.3, -0.25) is 0 Å². The van der Waals surface area contributed by atoms with Gasteiger partial charge in [-0.1, -0.05) is 26.2 Å². The van der Waals surface area contributed by atoms with Crippen LogP contribution in [-0.4, -0.2) is 16.1 Å². The molecule has 1 aromatic rings. The van der Waals surface area contributed by atoms with Gasteiger partial charge in [-0.25, -0.2) is 4.98 Å². The SMILES string of the molecule is CC1(Cn2cncc2[C@@H]2CCCN2)CCCCC1. The lowest BCUT2D eigenvalue weighted by molar-refractivity contribution is 0.180. The van der Waals surface area contributed by atoms with E-state index in [1.807, 2.05) is 6.33 Å². The molecule has 1 aliphatic heterocycles. The van der Waals surface area contributed by atoms with Gasteiger partial charge >= 0.3 is 0 Å². The second kappa shape index (κ2) is 5.04. The molecular formula is C15H25N3. The van der Waals surface area contributed by atoms with Crippen molar-refractivity contribution in [1.82, 2.24) is 14.9 Å². The van der Waals surface area contributed by atoms with Crippen molar-refractivity contribution >= 4 is 0 Å². The maximum atomic E-state index is 4.39. The Labute approximate surface area is 110 Å². The Morgan fingerprint density at radius 2 is 2.17 bits per heavy atom. The molecule has 18 heavy (non-hydrogen) atoms. The molecule has 0 radical (unpaired) electrons. The molecule has 1 saturated heterocycles. The van der Waals surface area contributed by atoms with Crippen molar-refractivity contribution in [3.63, 3.8) is 0 Å². The number of aromatic nitrogens is 2. The van der Waals surface area contributed by atoms with Crippen molar-refractivity contribution in [2.75, 3.05) is 6.54 Å². The molecular weight excluding hydrogens is 222 g/mol. The Morgan fingerprint density at radius 1 is 1.33 bits per heavy atom. The average Bonchev–Trinajstić information content (AvgIpc) is 2.99. The van der Waals surface area contributed by atoms with Gasteiger partial charge in [0.1, 0.15) is 0 Å². The summed E-state index contributed by atoms with van der Waals surface area (Å²) in [7, 11) is 0. The summed E-state index contributed by atoms with van der Waals surface area (Å²) >= 11 is 0. The highest BCUT2D eigenvalue weighted by Gasteiger charge is 2.29.